The van der Waals surface area contributed by atoms with Gasteiger partial charge in [0.1, 0.15) is 35.5 Å². The fourth-order valence-corrected chi connectivity index (χ4v) is 5.30. The second kappa shape index (κ2) is 11.7. The first-order valence-corrected chi connectivity index (χ1v) is 12.7. The first kappa shape index (κ1) is 26.7. The molecule has 0 radical (unpaired) electrons. The van der Waals surface area contributed by atoms with Crippen molar-refractivity contribution in [2.75, 3.05) is 29.4 Å². The molecule has 1 saturated heterocycles. The third kappa shape index (κ3) is 6.42. The van der Waals surface area contributed by atoms with Crippen LogP contribution in [0.15, 0.2) is 16.7 Å². The van der Waals surface area contributed by atoms with Crippen LogP contribution in [0.3, 0.4) is 0 Å². The van der Waals surface area contributed by atoms with Gasteiger partial charge in [0.2, 0.25) is 17.7 Å². The van der Waals surface area contributed by atoms with Gasteiger partial charge in [0.05, 0.1) is 12.1 Å². The summed E-state index contributed by atoms with van der Waals surface area (Å²) in [5.41, 5.74) is 0.174. The Morgan fingerprint density at radius 2 is 1.89 bits per heavy atom. The molecule has 1 unspecified atom stereocenters. The predicted octanol–water partition coefficient (Wildman–Crippen LogP) is 0.0931. The highest BCUT2D eigenvalue weighted by atomic mass is 35.5. The van der Waals surface area contributed by atoms with E-state index in [4.69, 9.17) is 27.9 Å². The molecule has 2 aliphatic rings. The molecule has 1 aromatic heterocycles. The second-order valence-corrected chi connectivity index (χ2v) is 9.47. The number of carbonyl (C=O) groups is 6. The molecule has 0 spiro atoms. The van der Waals surface area contributed by atoms with Crippen molar-refractivity contribution in [3.63, 3.8) is 0 Å². The molecule has 4 N–H and O–H groups in total. The highest BCUT2D eigenvalue weighted by Crippen LogP contribution is 2.40. The molecule has 0 aliphatic carbocycles. The maximum Gasteiger partial charge on any atom is 0.414 e. The molecule has 188 valence electrons. The van der Waals surface area contributed by atoms with Gasteiger partial charge in [-0.2, -0.15) is 0 Å². The summed E-state index contributed by atoms with van der Waals surface area (Å²) < 4.78 is 4.86. The molecule has 3 rings (SSSR count). The maximum atomic E-state index is 12.7. The summed E-state index contributed by atoms with van der Waals surface area (Å²) in [7, 11) is 0. The van der Waals surface area contributed by atoms with Crippen LogP contribution in [0.2, 0.25) is 0 Å². The van der Waals surface area contributed by atoms with E-state index in [1.807, 2.05) is 5.32 Å². The van der Waals surface area contributed by atoms with Crippen molar-refractivity contribution in [1.29, 1.82) is 0 Å². The third-order valence-corrected chi connectivity index (χ3v) is 7.20. The number of thiazole rings is 1. The van der Waals surface area contributed by atoms with Crippen LogP contribution < -0.4 is 16.0 Å². The third-order valence-electron chi connectivity index (χ3n) is 4.57. The number of halogens is 2. The number of β-lactam (4-membered cyclic amide) rings is 1. The van der Waals surface area contributed by atoms with E-state index in [1.165, 1.54) is 11.8 Å². The van der Waals surface area contributed by atoms with Crippen molar-refractivity contribution in [3.05, 3.63) is 22.3 Å². The van der Waals surface area contributed by atoms with Gasteiger partial charge in [-0.25, -0.2) is 14.6 Å². The van der Waals surface area contributed by atoms with Gasteiger partial charge in [-0.15, -0.1) is 46.3 Å². The van der Waals surface area contributed by atoms with Crippen LogP contribution in [-0.4, -0.2) is 86.2 Å². The lowest BCUT2D eigenvalue weighted by Crippen LogP contribution is -2.70. The van der Waals surface area contributed by atoms with Gasteiger partial charge in [0, 0.05) is 16.7 Å². The molecule has 0 saturated carbocycles. The number of nitrogens with one attached hydrogen (secondary N) is 3. The summed E-state index contributed by atoms with van der Waals surface area (Å²) in [5.74, 6) is -4.38. The molecule has 0 bridgehead atoms. The number of hydrogen-bond acceptors (Lipinski definition) is 10. The summed E-state index contributed by atoms with van der Waals surface area (Å²) in [4.78, 5) is 76.1. The first-order chi connectivity index (χ1) is 16.6. The Bertz CT molecular complexity index is 1110. The van der Waals surface area contributed by atoms with Gasteiger partial charge in [-0.1, -0.05) is 0 Å². The Labute approximate surface area is 215 Å². The van der Waals surface area contributed by atoms with Gasteiger partial charge in [-0.05, 0) is 0 Å². The lowest BCUT2D eigenvalue weighted by molar-refractivity contribution is -0.150. The highest BCUT2D eigenvalue weighted by Gasteiger charge is 2.54. The van der Waals surface area contributed by atoms with E-state index in [9.17, 15) is 33.9 Å². The Kier molecular flexibility index (Phi) is 8.93. The van der Waals surface area contributed by atoms with Crippen molar-refractivity contribution in [1.82, 2.24) is 20.5 Å². The summed E-state index contributed by atoms with van der Waals surface area (Å²) in [6, 6.07) is -0.956. The SMILES string of the molecule is O=C(CCl)NC(=O)OCC1=C(C(=O)O)N2C(=O)C(NC(=O)Cc3csc(NC(=O)CCl)n3)[C@@H]2SC1. The largest absolute Gasteiger partial charge is 0.477 e. The molecule has 1 aromatic rings. The number of rotatable bonds is 9. The number of carbonyl (C=O) groups excluding carboxylic acids is 5. The molecular formula is C18H17Cl2N5O8S2. The molecule has 3 heterocycles. The minimum Gasteiger partial charge on any atom is -0.477 e. The van der Waals surface area contributed by atoms with Crippen LogP contribution in [-0.2, 0) is 35.1 Å². The number of anilines is 1. The summed E-state index contributed by atoms with van der Waals surface area (Å²) in [6.07, 6.45) is -1.27. The number of hydrogen-bond donors (Lipinski definition) is 4. The number of nitrogens with zero attached hydrogens (tertiary/aromatic N) is 2. The van der Waals surface area contributed by atoms with Gasteiger partial charge in [0.15, 0.2) is 5.13 Å². The number of alkyl halides is 2. The normalized spacial score (nSPS) is 18.8. The second-order valence-electron chi connectivity index (χ2n) is 6.97. The molecule has 5 amide bonds. The fourth-order valence-electron chi connectivity index (χ4n) is 3.12. The number of thioether (sulfide) groups is 1. The Morgan fingerprint density at radius 1 is 1.17 bits per heavy atom. The van der Waals surface area contributed by atoms with E-state index in [-0.39, 0.29) is 34.5 Å². The molecule has 35 heavy (non-hydrogen) atoms. The van der Waals surface area contributed by atoms with E-state index in [0.717, 1.165) is 16.2 Å². The number of ether oxygens (including phenoxy) is 1. The molecule has 2 atom stereocenters. The van der Waals surface area contributed by atoms with E-state index < -0.39 is 59.6 Å². The number of aromatic nitrogens is 1. The van der Waals surface area contributed by atoms with Gasteiger partial charge in [-0.3, -0.25) is 29.4 Å². The van der Waals surface area contributed by atoms with Crippen molar-refractivity contribution in [2.45, 2.75) is 17.8 Å². The van der Waals surface area contributed by atoms with E-state index in [1.54, 1.807) is 5.38 Å². The highest BCUT2D eigenvalue weighted by molar-refractivity contribution is 8.00. The van der Waals surface area contributed by atoms with Gasteiger partial charge >= 0.3 is 12.1 Å². The molecule has 13 nitrogen and oxygen atoms in total. The van der Waals surface area contributed by atoms with Crippen molar-refractivity contribution in [3.8, 4) is 0 Å². The smallest absolute Gasteiger partial charge is 0.414 e. The molecule has 17 heteroatoms. The minimum absolute atomic E-state index is 0.106. The van der Waals surface area contributed by atoms with Crippen LogP contribution in [0.1, 0.15) is 5.69 Å². The molecule has 0 aromatic carbocycles. The molecular weight excluding hydrogens is 549 g/mol. The number of fused-ring (bicyclic) bond motifs is 1. The van der Waals surface area contributed by atoms with Crippen LogP contribution in [0.25, 0.3) is 0 Å². The number of alkyl carbamates (subject to hydrolysis) is 1. The van der Waals surface area contributed by atoms with E-state index in [0.29, 0.717) is 5.69 Å². The van der Waals surface area contributed by atoms with Crippen molar-refractivity contribution in [2.24, 2.45) is 0 Å². The van der Waals surface area contributed by atoms with Gasteiger partial charge in [0.25, 0.3) is 5.91 Å². The number of imide groups is 1. The number of carboxylic acids is 1. The lowest BCUT2D eigenvalue weighted by Gasteiger charge is -2.49. The van der Waals surface area contributed by atoms with E-state index in [2.05, 4.69) is 15.6 Å². The number of carboxylic acid groups (broad SMARTS) is 1. The number of amides is 5. The van der Waals surface area contributed by atoms with Crippen LogP contribution >= 0.6 is 46.3 Å². The average molecular weight is 566 g/mol. The van der Waals surface area contributed by atoms with Crippen LogP contribution in [0.4, 0.5) is 9.93 Å². The predicted molar refractivity (Wildman–Crippen MR) is 125 cm³/mol. The average Bonchev–Trinajstić information content (AvgIpc) is 3.26. The summed E-state index contributed by atoms with van der Waals surface area (Å²) >= 11 is 13.0. The van der Waals surface area contributed by atoms with Crippen LogP contribution in [0, 0.1) is 0 Å². The standard InChI is InChI=1S/C18H17Cl2N5O8S2/c19-2-10(27)23-17-21-8(6-35-17)1-9(26)22-12-14(29)25-13(16(30)31)7(5-34-15(12)25)4-33-18(32)24-11(28)3-20/h6,12,15H,1-5H2,(H,22,26)(H,30,31)(H,21,23,27)(H,24,28,32)/t12?,15-/m0/s1. The number of aliphatic carboxylic acids is 1. The summed E-state index contributed by atoms with van der Waals surface area (Å²) in [5, 5.41) is 17.7. The fraction of sp³-hybridized carbons (Fsp3) is 0.389. The quantitative estimate of drug-likeness (QED) is 0.236. The molecule has 2 aliphatic heterocycles. The van der Waals surface area contributed by atoms with E-state index >= 15 is 0 Å². The van der Waals surface area contributed by atoms with Gasteiger partial charge < -0.3 is 20.5 Å². The Morgan fingerprint density at radius 3 is 2.54 bits per heavy atom. The monoisotopic (exact) mass is 565 g/mol. The zero-order valence-electron chi connectivity index (χ0n) is 17.5. The minimum atomic E-state index is -1.40. The van der Waals surface area contributed by atoms with Crippen molar-refractivity contribution < 1.29 is 38.6 Å². The first-order valence-electron chi connectivity index (χ1n) is 9.66. The lowest BCUT2D eigenvalue weighted by atomic mass is 10.0. The zero-order valence-corrected chi connectivity index (χ0v) is 20.7. The van der Waals surface area contributed by atoms with Crippen molar-refractivity contribution >= 4 is 87.1 Å². The zero-order chi connectivity index (χ0) is 25.7. The molecule has 1 fully saturated rings. The van der Waals surface area contributed by atoms with Crippen LogP contribution in [0.5, 0.6) is 0 Å². The maximum absolute atomic E-state index is 12.7. The Hall–Kier alpha value is -2.88. The summed E-state index contributed by atoms with van der Waals surface area (Å²) in [6.45, 7) is -0.462. The Balaban J connectivity index is 1.60. The topological polar surface area (TPSA) is 184 Å².